The molecular weight excluding hydrogens is 428 g/mol. The molecule has 0 aliphatic heterocycles. The van der Waals surface area contributed by atoms with Crippen molar-refractivity contribution in [3.63, 3.8) is 0 Å². The molecule has 0 saturated carbocycles. The first-order valence-electron chi connectivity index (χ1n) is 9.67. The van der Waals surface area contributed by atoms with Gasteiger partial charge in [0.1, 0.15) is 10.8 Å². The van der Waals surface area contributed by atoms with Gasteiger partial charge in [-0.3, -0.25) is 4.72 Å². The van der Waals surface area contributed by atoms with E-state index in [4.69, 9.17) is 9.72 Å². The van der Waals surface area contributed by atoms with Gasteiger partial charge in [-0.05, 0) is 49.2 Å². The molecule has 7 heteroatoms. The summed E-state index contributed by atoms with van der Waals surface area (Å²) in [6.45, 7) is 3.63. The van der Waals surface area contributed by atoms with Crippen molar-refractivity contribution < 1.29 is 13.2 Å². The summed E-state index contributed by atoms with van der Waals surface area (Å²) >= 11 is 1.56. The van der Waals surface area contributed by atoms with E-state index in [0.29, 0.717) is 17.0 Å². The van der Waals surface area contributed by atoms with E-state index < -0.39 is 10.0 Å². The zero-order valence-electron chi connectivity index (χ0n) is 17.4. The highest BCUT2D eigenvalue weighted by atomic mass is 32.2. The molecular formula is C24H22N2O3S2. The van der Waals surface area contributed by atoms with Crippen LogP contribution >= 0.6 is 11.3 Å². The topological polar surface area (TPSA) is 68.3 Å². The molecule has 0 spiro atoms. The Morgan fingerprint density at radius 1 is 0.903 bits per heavy atom. The molecule has 1 N–H and O–H groups in total. The number of ether oxygens (including phenoxy) is 1. The van der Waals surface area contributed by atoms with Gasteiger partial charge in [0.15, 0.2) is 0 Å². The summed E-state index contributed by atoms with van der Waals surface area (Å²) in [5.41, 5.74) is 4.66. The summed E-state index contributed by atoms with van der Waals surface area (Å²) in [4.78, 5) is 4.95. The van der Waals surface area contributed by atoms with E-state index in [2.05, 4.69) is 4.72 Å². The predicted molar refractivity (Wildman–Crippen MR) is 126 cm³/mol. The quantitative estimate of drug-likeness (QED) is 0.397. The molecule has 0 bridgehead atoms. The maximum atomic E-state index is 13.0. The molecule has 3 aromatic carbocycles. The van der Waals surface area contributed by atoms with Gasteiger partial charge in [-0.2, -0.15) is 0 Å². The lowest BCUT2D eigenvalue weighted by Crippen LogP contribution is -2.15. The number of methoxy groups -OCH3 is 1. The average molecular weight is 451 g/mol. The zero-order valence-corrected chi connectivity index (χ0v) is 19.0. The molecule has 0 radical (unpaired) electrons. The first-order chi connectivity index (χ1) is 14.9. The van der Waals surface area contributed by atoms with Crippen LogP contribution in [-0.4, -0.2) is 20.5 Å². The molecule has 4 aromatic rings. The normalized spacial score (nSPS) is 11.3. The number of aromatic nitrogens is 1. The van der Waals surface area contributed by atoms with Gasteiger partial charge in [-0.1, -0.05) is 42.5 Å². The van der Waals surface area contributed by atoms with E-state index in [1.54, 1.807) is 49.6 Å². The molecule has 1 aromatic heterocycles. The standard InChI is InChI=1S/C24H22N2O3S2/c1-16-17(2)23(13-12-22(16)29-3)31(27,28)26-20-11-7-10-19(14-20)21-15-30-24(25-21)18-8-5-4-6-9-18/h4-15,26H,1-3H3. The number of sulfonamides is 1. The Labute approximate surface area is 186 Å². The van der Waals surface area contributed by atoms with Gasteiger partial charge in [0.25, 0.3) is 10.0 Å². The molecule has 0 unspecified atom stereocenters. The molecule has 158 valence electrons. The van der Waals surface area contributed by atoms with Crippen LogP contribution in [0.4, 0.5) is 5.69 Å². The molecule has 31 heavy (non-hydrogen) atoms. The Balaban J connectivity index is 1.62. The van der Waals surface area contributed by atoms with Gasteiger partial charge in [-0.15, -0.1) is 11.3 Å². The Bertz CT molecular complexity index is 1330. The van der Waals surface area contributed by atoms with Crippen LogP contribution in [0.15, 0.2) is 77.0 Å². The molecule has 0 aliphatic carbocycles. The van der Waals surface area contributed by atoms with Crippen LogP contribution in [-0.2, 0) is 10.0 Å². The largest absolute Gasteiger partial charge is 0.496 e. The third kappa shape index (κ3) is 4.33. The van der Waals surface area contributed by atoms with Crippen LogP contribution in [0, 0.1) is 13.8 Å². The zero-order chi connectivity index (χ0) is 22.0. The van der Waals surface area contributed by atoms with E-state index in [9.17, 15) is 8.42 Å². The number of benzene rings is 3. The minimum absolute atomic E-state index is 0.233. The van der Waals surface area contributed by atoms with Crippen LogP contribution in [0.5, 0.6) is 5.75 Å². The third-order valence-corrected chi connectivity index (χ3v) is 7.55. The van der Waals surface area contributed by atoms with Crippen LogP contribution in [0.3, 0.4) is 0 Å². The van der Waals surface area contributed by atoms with Crippen LogP contribution in [0.2, 0.25) is 0 Å². The van der Waals surface area contributed by atoms with Gasteiger partial charge in [0.2, 0.25) is 0 Å². The van der Waals surface area contributed by atoms with Crippen molar-refractivity contribution >= 4 is 27.0 Å². The maximum absolute atomic E-state index is 13.0. The van der Waals surface area contributed by atoms with Crippen molar-refractivity contribution in [2.45, 2.75) is 18.7 Å². The van der Waals surface area contributed by atoms with Crippen molar-refractivity contribution in [2.24, 2.45) is 0 Å². The van der Waals surface area contributed by atoms with Crippen LogP contribution in [0.1, 0.15) is 11.1 Å². The van der Waals surface area contributed by atoms with Gasteiger partial charge in [0.05, 0.1) is 17.7 Å². The third-order valence-electron chi connectivity index (χ3n) is 5.13. The lowest BCUT2D eigenvalue weighted by atomic mass is 10.1. The second-order valence-corrected chi connectivity index (χ2v) is 9.62. The number of rotatable bonds is 6. The van der Waals surface area contributed by atoms with E-state index in [0.717, 1.165) is 27.4 Å². The van der Waals surface area contributed by atoms with E-state index in [1.807, 2.05) is 54.8 Å². The average Bonchev–Trinajstić information content (AvgIpc) is 3.26. The highest BCUT2D eigenvalue weighted by Gasteiger charge is 2.20. The number of anilines is 1. The van der Waals surface area contributed by atoms with E-state index in [1.165, 1.54) is 0 Å². The van der Waals surface area contributed by atoms with Gasteiger partial charge in [-0.25, -0.2) is 13.4 Å². The Hall–Kier alpha value is -3.16. The molecule has 4 rings (SSSR count). The minimum Gasteiger partial charge on any atom is -0.496 e. The first kappa shape index (κ1) is 21.1. The molecule has 1 heterocycles. The molecule has 0 amide bonds. The summed E-state index contributed by atoms with van der Waals surface area (Å²) in [5.74, 6) is 0.663. The summed E-state index contributed by atoms with van der Waals surface area (Å²) in [6, 6.07) is 20.5. The van der Waals surface area contributed by atoms with Crippen LogP contribution in [0.25, 0.3) is 21.8 Å². The number of nitrogens with zero attached hydrogens (tertiary/aromatic N) is 1. The summed E-state index contributed by atoms with van der Waals surface area (Å²) in [6.07, 6.45) is 0. The lowest BCUT2D eigenvalue weighted by Gasteiger charge is -2.14. The fourth-order valence-electron chi connectivity index (χ4n) is 3.36. The maximum Gasteiger partial charge on any atom is 0.262 e. The molecule has 5 nitrogen and oxygen atoms in total. The lowest BCUT2D eigenvalue weighted by molar-refractivity contribution is 0.411. The van der Waals surface area contributed by atoms with Crippen molar-refractivity contribution in [1.82, 2.24) is 4.98 Å². The van der Waals surface area contributed by atoms with E-state index >= 15 is 0 Å². The number of thiazole rings is 1. The van der Waals surface area contributed by atoms with Crippen LogP contribution < -0.4 is 9.46 Å². The van der Waals surface area contributed by atoms with Crippen molar-refractivity contribution in [1.29, 1.82) is 0 Å². The summed E-state index contributed by atoms with van der Waals surface area (Å²) in [5, 5.41) is 2.90. The molecule has 0 atom stereocenters. The number of hydrogen-bond acceptors (Lipinski definition) is 5. The van der Waals surface area contributed by atoms with E-state index in [-0.39, 0.29) is 4.90 Å². The number of nitrogens with one attached hydrogen (secondary N) is 1. The summed E-state index contributed by atoms with van der Waals surface area (Å²) in [7, 11) is -2.18. The van der Waals surface area contributed by atoms with Crippen molar-refractivity contribution in [3.05, 3.63) is 83.2 Å². The highest BCUT2D eigenvalue weighted by molar-refractivity contribution is 7.92. The molecule has 0 aliphatic rings. The fourth-order valence-corrected chi connectivity index (χ4v) is 5.54. The van der Waals surface area contributed by atoms with Gasteiger partial charge < -0.3 is 4.74 Å². The monoisotopic (exact) mass is 450 g/mol. The summed E-state index contributed by atoms with van der Waals surface area (Å²) < 4.78 is 34.1. The Morgan fingerprint density at radius 3 is 2.39 bits per heavy atom. The first-order valence-corrected chi connectivity index (χ1v) is 12.0. The smallest absolute Gasteiger partial charge is 0.262 e. The Morgan fingerprint density at radius 2 is 1.65 bits per heavy atom. The SMILES string of the molecule is COc1ccc(S(=O)(=O)Nc2cccc(-c3csc(-c4ccccc4)n3)c2)c(C)c1C. The predicted octanol–water partition coefficient (Wildman–Crippen LogP) is 5.90. The second kappa shape index (κ2) is 8.53. The molecule has 0 saturated heterocycles. The Kier molecular flexibility index (Phi) is 5.80. The van der Waals surface area contributed by atoms with Crippen molar-refractivity contribution in [2.75, 3.05) is 11.8 Å². The second-order valence-electron chi connectivity index (χ2n) is 7.11. The molecule has 0 fully saturated rings. The van der Waals surface area contributed by atoms with Crippen molar-refractivity contribution in [3.8, 4) is 27.6 Å². The fraction of sp³-hybridized carbons (Fsp3) is 0.125. The van der Waals surface area contributed by atoms with Gasteiger partial charge >= 0.3 is 0 Å². The number of hydrogen-bond donors (Lipinski definition) is 1. The minimum atomic E-state index is -3.75. The van der Waals surface area contributed by atoms with Gasteiger partial charge in [0, 0.05) is 22.2 Å². The highest BCUT2D eigenvalue weighted by Crippen LogP contribution is 2.31.